The molecule has 1 spiro atoms. The second kappa shape index (κ2) is 13.1. The minimum atomic E-state index is -0.520. The Morgan fingerprint density at radius 2 is 1.00 bits per heavy atom. The number of benzene rings is 10. The minimum Gasteiger partial charge on any atom is -0.456 e. The lowest BCUT2D eigenvalue weighted by Crippen LogP contribution is -2.36. The molecule has 63 heavy (non-hydrogen) atoms. The lowest BCUT2D eigenvalue weighted by Gasteiger charge is -2.46. The Balaban J connectivity index is 1.09. The summed E-state index contributed by atoms with van der Waals surface area (Å²) in [7, 11) is 0. The van der Waals surface area contributed by atoms with Crippen molar-refractivity contribution in [1.29, 1.82) is 0 Å². The summed E-state index contributed by atoms with van der Waals surface area (Å²) in [5.41, 5.74) is 15.7. The first kappa shape index (κ1) is 34.9. The SMILES string of the molecule is c1ccc(-n2c3ccccc3c3ccc(N(c4ccc5c(c4)oc4ccccc45)c4ccc5c6c(cccc46)C4(c6ccccc6Sc6ccccc64)c4ccccc4-5)cc32)cc1. The van der Waals surface area contributed by atoms with Gasteiger partial charge in [-0.2, -0.15) is 0 Å². The van der Waals surface area contributed by atoms with Crippen LogP contribution < -0.4 is 4.90 Å². The number of furan rings is 1. The summed E-state index contributed by atoms with van der Waals surface area (Å²) in [5, 5.41) is 7.15. The lowest BCUT2D eigenvalue weighted by molar-refractivity contribution is 0.669. The molecule has 2 aromatic heterocycles. The molecule has 4 heteroatoms. The molecule has 0 atom stereocenters. The first-order chi connectivity index (χ1) is 31.3. The van der Waals surface area contributed by atoms with Gasteiger partial charge in [0.25, 0.3) is 0 Å². The summed E-state index contributed by atoms with van der Waals surface area (Å²) in [5.74, 6) is 0. The van der Waals surface area contributed by atoms with Crippen molar-refractivity contribution in [2.45, 2.75) is 15.2 Å². The van der Waals surface area contributed by atoms with Crippen LogP contribution in [0, 0.1) is 0 Å². The number of hydrogen-bond donors (Lipinski definition) is 0. The van der Waals surface area contributed by atoms with Crippen molar-refractivity contribution in [1.82, 2.24) is 4.57 Å². The van der Waals surface area contributed by atoms with Crippen LogP contribution in [0.1, 0.15) is 22.3 Å². The van der Waals surface area contributed by atoms with E-state index >= 15 is 0 Å². The highest BCUT2D eigenvalue weighted by Gasteiger charge is 2.48. The molecule has 14 rings (SSSR count). The maximum absolute atomic E-state index is 6.60. The average Bonchev–Trinajstić information content (AvgIpc) is 3.88. The van der Waals surface area contributed by atoms with Crippen molar-refractivity contribution in [3.05, 3.63) is 241 Å². The van der Waals surface area contributed by atoms with Gasteiger partial charge in [0.2, 0.25) is 0 Å². The van der Waals surface area contributed by atoms with Crippen LogP contribution in [0.2, 0.25) is 0 Å². The van der Waals surface area contributed by atoms with E-state index in [1.807, 2.05) is 17.8 Å². The average molecular weight is 821 g/mol. The van der Waals surface area contributed by atoms with Crippen molar-refractivity contribution >= 4 is 83.3 Å². The summed E-state index contributed by atoms with van der Waals surface area (Å²) in [4.78, 5) is 5.05. The Bertz CT molecular complexity index is 3810. The fraction of sp³-hybridized carbons (Fsp3) is 0.0169. The van der Waals surface area contributed by atoms with E-state index < -0.39 is 5.41 Å². The lowest BCUT2D eigenvalue weighted by atomic mass is 9.59. The van der Waals surface area contributed by atoms with Gasteiger partial charge >= 0.3 is 0 Å². The largest absolute Gasteiger partial charge is 0.456 e. The second-order valence-corrected chi connectivity index (χ2v) is 17.8. The molecule has 3 nitrogen and oxygen atoms in total. The maximum Gasteiger partial charge on any atom is 0.137 e. The van der Waals surface area contributed by atoms with Crippen LogP contribution in [0.25, 0.3) is 71.3 Å². The van der Waals surface area contributed by atoms with Gasteiger partial charge < -0.3 is 13.9 Å². The van der Waals surface area contributed by atoms with Crippen LogP contribution in [-0.4, -0.2) is 4.57 Å². The molecular formula is C59H36N2OS. The van der Waals surface area contributed by atoms with Crippen LogP contribution in [0.5, 0.6) is 0 Å². The standard InChI is InChI=1S/C59H36N2OS/c1-2-15-37(16-3-1)61-51-25-10-5-18-41(51)42-31-29-38(35-53(42)61)60(39-30-32-44-43-19-6-11-26-54(43)62-55(44)36-39)52-34-33-45-40-17-4-7-21-47(40)59(50-24-14-20-46(52)58(45)50)48-22-8-12-27-56(48)63-57-28-13-9-23-49(57)59/h1-36H. The second-order valence-electron chi connectivity index (χ2n) is 16.8. The van der Waals surface area contributed by atoms with Gasteiger partial charge in [0, 0.05) is 59.9 Å². The first-order valence-electron chi connectivity index (χ1n) is 21.6. The van der Waals surface area contributed by atoms with Gasteiger partial charge in [-0.05, 0) is 105 Å². The fourth-order valence-corrected chi connectivity index (χ4v) is 12.3. The highest BCUT2D eigenvalue weighted by atomic mass is 32.2. The molecule has 1 aliphatic heterocycles. The third-order valence-electron chi connectivity index (χ3n) is 13.6. The molecule has 3 heterocycles. The third-order valence-corrected chi connectivity index (χ3v) is 14.8. The van der Waals surface area contributed by atoms with Gasteiger partial charge in [0.05, 0.1) is 22.1 Å². The van der Waals surface area contributed by atoms with Gasteiger partial charge in [0.15, 0.2) is 0 Å². The molecule has 12 aromatic rings. The predicted octanol–water partition coefficient (Wildman–Crippen LogP) is 16.1. The highest BCUT2D eigenvalue weighted by Crippen LogP contribution is 2.62. The number of anilines is 3. The molecule has 0 fully saturated rings. The maximum atomic E-state index is 6.60. The smallest absolute Gasteiger partial charge is 0.137 e. The zero-order chi connectivity index (χ0) is 41.2. The molecule has 0 amide bonds. The van der Waals surface area contributed by atoms with E-state index in [4.69, 9.17) is 4.42 Å². The Hall–Kier alpha value is -7.79. The third kappa shape index (κ3) is 4.76. The van der Waals surface area contributed by atoms with Crippen molar-refractivity contribution in [2.75, 3.05) is 4.90 Å². The van der Waals surface area contributed by atoms with Gasteiger partial charge in [-0.1, -0.05) is 157 Å². The molecule has 0 radical (unpaired) electrons. The molecule has 0 bridgehead atoms. The van der Waals surface area contributed by atoms with E-state index in [1.54, 1.807) is 0 Å². The summed E-state index contributed by atoms with van der Waals surface area (Å²) in [6, 6.07) is 80.4. The van der Waals surface area contributed by atoms with Crippen molar-refractivity contribution in [2.24, 2.45) is 0 Å². The Morgan fingerprint density at radius 1 is 0.397 bits per heavy atom. The van der Waals surface area contributed by atoms with E-state index in [1.165, 1.54) is 70.2 Å². The van der Waals surface area contributed by atoms with Crippen LogP contribution in [0.4, 0.5) is 17.1 Å². The molecule has 294 valence electrons. The zero-order valence-corrected chi connectivity index (χ0v) is 34.8. The number of aromatic nitrogens is 1. The minimum absolute atomic E-state index is 0.520. The number of rotatable bonds is 4. The summed E-state index contributed by atoms with van der Waals surface area (Å²) < 4.78 is 9.01. The van der Waals surface area contributed by atoms with Gasteiger partial charge in [-0.3, -0.25) is 0 Å². The van der Waals surface area contributed by atoms with E-state index in [-0.39, 0.29) is 0 Å². The topological polar surface area (TPSA) is 21.3 Å². The normalized spacial score (nSPS) is 13.5. The van der Waals surface area contributed by atoms with Crippen LogP contribution >= 0.6 is 11.8 Å². The van der Waals surface area contributed by atoms with Gasteiger partial charge in [-0.15, -0.1) is 0 Å². The molecule has 1 aliphatic carbocycles. The number of hydrogen-bond acceptors (Lipinski definition) is 3. The quantitative estimate of drug-likeness (QED) is 0.176. The fourth-order valence-electron chi connectivity index (χ4n) is 11.1. The van der Waals surface area contributed by atoms with Crippen LogP contribution in [-0.2, 0) is 5.41 Å². The number of nitrogens with zero attached hydrogens (tertiary/aromatic N) is 2. The molecule has 0 saturated carbocycles. The van der Waals surface area contributed by atoms with Gasteiger partial charge in [0.1, 0.15) is 11.2 Å². The Labute approximate surface area is 368 Å². The molecule has 0 unspecified atom stereocenters. The van der Waals surface area contributed by atoms with Gasteiger partial charge in [-0.25, -0.2) is 0 Å². The van der Waals surface area contributed by atoms with E-state index in [0.717, 1.165) is 50.2 Å². The Kier molecular flexibility index (Phi) is 7.26. The molecule has 2 aliphatic rings. The van der Waals surface area contributed by atoms with Crippen LogP contribution in [0.3, 0.4) is 0 Å². The molecule has 0 N–H and O–H groups in total. The predicted molar refractivity (Wildman–Crippen MR) is 262 cm³/mol. The number of fused-ring (bicyclic) bond motifs is 14. The monoisotopic (exact) mass is 820 g/mol. The highest BCUT2D eigenvalue weighted by molar-refractivity contribution is 7.99. The van der Waals surface area contributed by atoms with Crippen molar-refractivity contribution in [3.63, 3.8) is 0 Å². The molecule has 0 saturated heterocycles. The van der Waals surface area contributed by atoms with E-state index in [0.29, 0.717) is 0 Å². The van der Waals surface area contributed by atoms with Crippen molar-refractivity contribution < 1.29 is 4.42 Å². The number of para-hydroxylation sites is 3. The summed E-state index contributed by atoms with van der Waals surface area (Å²) in [6.45, 7) is 0. The van der Waals surface area contributed by atoms with E-state index in [9.17, 15) is 0 Å². The first-order valence-corrected chi connectivity index (χ1v) is 22.4. The molecule has 10 aromatic carbocycles. The molecular weight excluding hydrogens is 785 g/mol. The Morgan fingerprint density at radius 3 is 1.83 bits per heavy atom. The van der Waals surface area contributed by atoms with Crippen molar-refractivity contribution in [3.8, 4) is 16.8 Å². The summed E-state index contributed by atoms with van der Waals surface area (Å²) >= 11 is 1.88. The van der Waals surface area contributed by atoms with E-state index in [2.05, 4.69) is 222 Å². The van der Waals surface area contributed by atoms with Crippen LogP contribution in [0.15, 0.2) is 233 Å². The summed E-state index contributed by atoms with van der Waals surface area (Å²) in [6.07, 6.45) is 0. The zero-order valence-electron chi connectivity index (χ0n) is 34.0.